The Hall–Kier alpha value is -3.13. The van der Waals surface area contributed by atoms with Crippen molar-refractivity contribution in [2.45, 2.75) is 19.8 Å². The van der Waals surface area contributed by atoms with Crippen LogP contribution in [0.4, 0.5) is 10.8 Å². The van der Waals surface area contributed by atoms with E-state index in [2.05, 4.69) is 10.2 Å². The van der Waals surface area contributed by atoms with Crippen LogP contribution in [0.25, 0.3) is 10.2 Å². The highest BCUT2D eigenvalue weighted by atomic mass is 32.1. The highest BCUT2D eigenvalue weighted by Crippen LogP contribution is 2.33. The first-order valence-electron chi connectivity index (χ1n) is 10.3. The van der Waals surface area contributed by atoms with Crippen molar-refractivity contribution in [2.24, 2.45) is 5.92 Å². The van der Waals surface area contributed by atoms with Gasteiger partial charge in [-0.25, -0.2) is 9.78 Å². The standard InChI is InChI=1S/C23H25N3O4S/c1-3-30-22(28)15-6-8-17(9-7-15)24-21(27)16-5-4-12-26(14-16)23-25-19-11-10-18(29-2)13-20(19)31-23/h6-11,13,16H,3-5,12,14H2,1-2H3,(H,24,27). The molecular formula is C23H25N3O4S. The van der Waals surface area contributed by atoms with Gasteiger partial charge >= 0.3 is 5.97 Å². The summed E-state index contributed by atoms with van der Waals surface area (Å²) in [4.78, 5) is 31.6. The molecule has 1 N–H and O–H groups in total. The highest BCUT2D eigenvalue weighted by molar-refractivity contribution is 7.22. The van der Waals surface area contributed by atoms with Gasteiger partial charge < -0.3 is 19.7 Å². The van der Waals surface area contributed by atoms with E-state index in [-0.39, 0.29) is 17.8 Å². The number of amides is 1. The molecule has 4 rings (SSSR count). The molecule has 0 radical (unpaired) electrons. The third-order valence-electron chi connectivity index (χ3n) is 5.31. The molecule has 0 aliphatic carbocycles. The van der Waals surface area contributed by atoms with Crippen LogP contribution < -0.4 is 15.0 Å². The first-order valence-corrected chi connectivity index (χ1v) is 11.2. The Balaban J connectivity index is 1.41. The zero-order valence-corrected chi connectivity index (χ0v) is 18.4. The molecule has 31 heavy (non-hydrogen) atoms. The van der Waals surface area contributed by atoms with E-state index in [9.17, 15) is 9.59 Å². The average molecular weight is 440 g/mol. The summed E-state index contributed by atoms with van der Waals surface area (Å²) in [5.74, 6) is 0.306. The van der Waals surface area contributed by atoms with Crippen LogP contribution in [0, 0.1) is 5.92 Å². The number of methoxy groups -OCH3 is 1. The number of benzene rings is 2. The van der Waals surface area contributed by atoms with E-state index < -0.39 is 0 Å². The average Bonchev–Trinajstić information content (AvgIpc) is 3.23. The summed E-state index contributed by atoms with van der Waals surface area (Å²) in [5.41, 5.74) is 2.08. The smallest absolute Gasteiger partial charge is 0.338 e. The van der Waals surface area contributed by atoms with Crippen LogP contribution in [0.2, 0.25) is 0 Å². The van der Waals surface area contributed by atoms with E-state index in [4.69, 9.17) is 14.5 Å². The van der Waals surface area contributed by atoms with E-state index in [1.54, 1.807) is 49.6 Å². The second-order valence-corrected chi connectivity index (χ2v) is 8.41. The number of thiazole rings is 1. The number of hydrogen-bond donors (Lipinski definition) is 1. The molecule has 0 bridgehead atoms. The minimum Gasteiger partial charge on any atom is -0.497 e. The Bertz CT molecular complexity index is 1080. The maximum absolute atomic E-state index is 12.9. The maximum atomic E-state index is 12.9. The van der Waals surface area contributed by atoms with Crippen molar-refractivity contribution in [1.29, 1.82) is 0 Å². The van der Waals surface area contributed by atoms with Crippen LogP contribution in [0.15, 0.2) is 42.5 Å². The third-order valence-corrected chi connectivity index (χ3v) is 6.39. The van der Waals surface area contributed by atoms with Gasteiger partial charge in [0.25, 0.3) is 0 Å². The van der Waals surface area contributed by atoms with Crippen molar-refractivity contribution < 1.29 is 19.1 Å². The van der Waals surface area contributed by atoms with Gasteiger partial charge in [0.1, 0.15) is 5.75 Å². The van der Waals surface area contributed by atoms with Crippen molar-refractivity contribution >= 4 is 44.2 Å². The number of anilines is 2. The molecule has 0 saturated carbocycles. The van der Waals surface area contributed by atoms with Gasteiger partial charge in [-0.2, -0.15) is 0 Å². The van der Waals surface area contributed by atoms with Crippen molar-refractivity contribution in [3.8, 4) is 5.75 Å². The Morgan fingerprint density at radius 2 is 2.03 bits per heavy atom. The molecule has 2 heterocycles. The number of fused-ring (bicyclic) bond motifs is 1. The fourth-order valence-corrected chi connectivity index (χ4v) is 4.70. The van der Waals surface area contributed by atoms with Gasteiger partial charge in [-0.15, -0.1) is 0 Å². The number of hydrogen-bond acceptors (Lipinski definition) is 7. The topological polar surface area (TPSA) is 80.8 Å². The van der Waals surface area contributed by atoms with Crippen LogP contribution >= 0.6 is 11.3 Å². The van der Waals surface area contributed by atoms with E-state index >= 15 is 0 Å². The van der Waals surface area contributed by atoms with Gasteiger partial charge in [-0.3, -0.25) is 4.79 Å². The summed E-state index contributed by atoms with van der Waals surface area (Å²) in [6.45, 7) is 3.61. The Morgan fingerprint density at radius 3 is 2.77 bits per heavy atom. The molecule has 1 fully saturated rings. The minimum absolute atomic E-state index is 0.0173. The zero-order chi connectivity index (χ0) is 21.8. The van der Waals surface area contributed by atoms with Crippen LogP contribution in [0.5, 0.6) is 5.75 Å². The van der Waals surface area contributed by atoms with Gasteiger partial charge in [-0.05, 0) is 62.2 Å². The summed E-state index contributed by atoms with van der Waals surface area (Å²) < 4.78 is 11.4. The molecular weight excluding hydrogens is 414 g/mol. The second-order valence-electron chi connectivity index (χ2n) is 7.40. The summed E-state index contributed by atoms with van der Waals surface area (Å²) in [6, 6.07) is 12.6. The van der Waals surface area contributed by atoms with E-state index in [0.717, 1.165) is 40.5 Å². The number of esters is 1. The molecule has 7 nitrogen and oxygen atoms in total. The number of rotatable bonds is 6. The summed E-state index contributed by atoms with van der Waals surface area (Å²) in [5, 5.41) is 3.90. The van der Waals surface area contributed by atoms with Gasteiger partial charge in [0, 0.05) is 18.8 Å². The monoisotopic (exact) mass is 439 g/mol. The summed E-state index contributed by atoms with van der Waals surface area (Å²) in [7, 11) is 1.65. The van der Waals surface area contributed by atoms with Crippen molar-refractivity contribution in [3.63, 3.8) is 0 Å². The molecule has 3 aromatic rings. The number of ether oxygens (including phenoxy) is 2. The molecule has 1 aromatic heterocycles. The normalized spacial score (nSPS) is 16.2. The van der Waals surface area contributed by atoms with E-state index in [0.29, 0.717) is 24.4 Å². The minimum atomic E-state index is -0.364. The lowest BCUT2D eigenvalue weighted by atomic mass is 9.97. The Kier molecular flexibility index (Phi) is 6.36. The van der Waals surface area contributed by atoms with Gasteiger partial charge in [0.05, 0.1) is 35.4 Å². The molecule has 162 valence electrons. The Labute approximate surface area is 185 Å². The van der Waals surface area contributed by atoms with Crippen LogP contribution in [-0.2, 0) is 9.53 Å². The number of nitrogens with zero attached hydrogens (tertiary/aromatic N) is 2. The van der Waals surface area contributed by atoms with Crippen LogP contribution in [-0.4, -0.2) is 43.7 Å². The van der Waals surface area contributed by atoms with Gasteiger partial charge in [-0.1, -0.05) is 11.3 Å². The number of carbonyl (C=O) groups excluding carboxylic acids is 2. The summed E-state index contributed by atoms with van der Waals surface area (Å²) >= 11 is 1.62. The fraction of sp³-hybridized carbons (Fsp3) is 0.348. The maximum Gasteiger partial charge on any atom is 0.338 e. The van der Waals surface area contributed by atoms with E-state index in [1.807, 2.05) is 18.2 Å². The first-order chi connectivity index (χ1) is 15.1. The molecule has 1 aliphatic heterocycles. The number of aromatic nitrogens is 1. The van der Waals surface area contributed by atoms with Crippen LogP contribution in [0.1, 0.15) is 30.1 Å². The highest BCUT2D eigenvalue weighted by Gasteiger charge is 2.27. The fourth-order valence-electron chi connectivity index (χ4n) is 3.67. The lowest BCUT2D eigenvalue weighted by molar-refractivity contribution is -0.120. The quantitative estimate of drug-likeness (QED) is 0.576. The third kappa shape index (κ3) is 4.80. The van der Waals surface area contributed by atoms with Gasteiger partial charge in [0.15, 0.2) is 5.13 Å². The van der Waals surface area contributed by atoms with Crippen molar-refractivity contribution in [2.75, 3.05) is 37.0 Å². The molecule has 2 aromatic carbocycles. The molecule has 1 aliphatic rings. The second kappa shape index (κ2) is 9.34. The van der Waals surface area contributed by atoms with Crippen molar-refractivity contribution in [1.82, 2.24) is 4.98 Å². The molecule has 1 unspecified atom stereocenters. The predicted octanol–water partition coefficient (Wildman–Crippen LogP) is 4.34. The summed E-state index contributed by atoms with van der Waals surface area (Å²) in [6.07, 6.45) is 1.76. The SMILES string of the molecule is CCOC(=O)c1ccc(NC(=O)C2CCCN(c3nc4ccc(OC)cc4s3)C2)cc1. The van der Waals surface area contributed by atoms with Crippen molar-refractivity contribution in [3.05, 3.63) is 48.0 Å². The van der Waals surface area contributed by atoms with E-state index in [1.165, 1.54) is 0 Å². The molecule has 8 heteroatoms. The predicted molar refractivity (Wildman–Crippen MR) is 122 cm³/mol. The number of nitrogens with one attached hydrogen (secondary N) is 1. The lowest BCUT2D eigenvalue weighted by Gasteiger charge is -2.31. The zero-order valence-electron chi connectivity index (χ0n) is 17.6. The molecule has 1 saturated heterocycles. The van der Waals surface area contributed by atoms with Crippen LogP contribution in [0.3, 0.4) is 0 Å². The lowest BCUT2D eigenvalue weighted by Crippen LogP contribution is -2.40. The number of piperidine rings is 1. The van der Waals surface area contributed by atoms with Gasteiger partial charge in [0.2, 0.25) is 5.91 Å². The molecule has 1 atom stereocenters. The largest absolute Gasteiger partial charge is 0.497 e. The number of carbonyl (C=O) groups is 2. The Morgan fingerprint density at radius 1 is 1.23 bits per heavy atom. The molecule has 1 amide bonds. The first kappa shape index (κ1) is 21.1. The molecule has 0 spiro atoms.